The van der Waals surface area contributed by atoms with Crippen molar-refractivity contribution in [3.05, 3.63) is 75.5 Å². The Balaban J connectivity index is 0.000000182. The fraction of sp³-hybridized carbons (Fsp3) is 0.585. The Morgan fingerprint density at radius 3 is 2.37 bits per heavy atom. The van der Waals surface area contributed by atoms with E-state index in [1.54, 1.807) is 25.2 Å². The molecular weight excluding hydrogens is 667 g/mol. The van der Waals surface area contributed by atoms with Gasteiger partial charge in [0.15, 0.2) is 23.3 Å². The molecule has 3 N–H and O–H groups in total. The van der Waals surface area contributed by atoms with Gasteiger partial charge in [0, 0.05) is 49.8 Å². The third-order valence-corrected chi connectivity index (χ3v) is 13.7. The van der Waals surface area contributed by atoms with Crippen LogP contribution in [0.4, 0.5) is 0 Å². The van der Waals surface area contributed by atoms with Crippen molar-refractivity contribution in [3.63, 3.8) is 0 Å². The van der Waals surface area contributed by atoms with Gasteiger partial charge in [-0.25, -0.2) is 0 Å². The van der Waals surface area contributed by atoms with Crippen molar-refractivity contribution in [2.24, 2.45) is 16.7 Å². The van der Waals surface area contributed by atoms with Crippen molar-refractivity contribution in [1.29, 1.82) is 0 Å². The highest BCUT2D eigenvalue weighted by molar-refractivity contribution is 7.12. The van der Waals surface area contributed by atoms with E-state index in [4.69, 9.17) is 9.47 Å². The Kier molecular flexibility index (Phi) is 9.73. The Labute approximate surface area is 305 Å². The predicted octanol–water partition coefficient (Wildman–Crippen LogP) is 5.53. The summed E-state index contributed by atoms with van der Waals surface area (Å²) < 4.78 is 11.8. The average molecular weight is 720 g/mol. The molecular formula is C41H53NO8S. The Hall–Kier alpha value is -2.99. The van der Waals surface area contributed by atoms with E-state index in [0.29, 0.717) is 19.3 Å². The van der Waals surface area contributed by atoms with Gasteiger partial charge in [0.25, 0.3) is 0 Å². The molecule has 3 heterocycles. The van der Waals surface area contributed by atoms with Crippen LogP contribution < -0.4 is 0 Å². The standard InChI is InChI=1S/C22H34O7.C19H19NOS/c1-8-19(5)11-14(25)22(27)20(6)13(24)9-10-18(3,4)16(20)15(26)17(28-12(2)23)21(22,7)29-19;1-20-9-6-13(7-10-20)18-15-5-3-2-4-14(15)12-17(21)19-16(18)8-11-22-19/h8,13,15-17,24,26-27H,1,9-11H2,2-7H3;2-5,8,11H,6-7,9-10,12H2,1H3/t13-,15-,16-,17-,19-,20-,21+,22-;/m0./s1. The number of ketones is 2. The molecule has 0 unspecified atom stereocenters. The zero-order chi connectivity index (χ0) is 37.3. The minimum absolute atomic E-state index is 0.138. The smallest absolute Gasteiger partial charge is 0.303 e. The van der Waals surface area contributed by atoms with Gasteiger partial charge < -0.3 is 29.7 Å². The van der Waals surface area contributed by atoms with Crippen molar-refractivity contribution in [3.8, 4) is 0 Å². The van der Waals surface area contributed by atoms with Crippen LogP contribution in [0, 0.1) is 16.7 Å². The Morgan fingerprint density at radius 2 is 1.73 bits per heavy atom. The summed E-state index contributed by atoms with van der Waals surface area (Å²) in [6.07, 6.45) is 1.44. The first-order valence-corrected chi connectivity index (χ1v) is 19.0. The van der Waals surface area contributed by atoms with Crippen molar-refractivity contribution in [2.75, 3.05) is 20.1 Å². The fourth-order valence-electron chi connectivity index (χ4n) is 10.2. The van der Waals surface area contributed by atoms with Crippen LogP contribution >= 0.6 is 11.3 Å². The molecule has 2 aliphatic heterocycles. The molecule has 0 radical (unpaired) electrons. The van der Waals surface area contributed by atoms with Gasteiger partial charge in [-0.15, -0.1) is 17.9 Å². The SMILES string of the molecule is C=C[C@@]1(C)CC(=O)[C@]2(O)[C@@]3(C)[C@@H](O)CCC(C)(C)[C@@H]3[C@H](O)[C@H](OC(C)=O)[C@@]2(C)O1.CN1CCC(=C2c3ccccc3CC(=O)c3sccc32)CC1. The number of fused-ring (bicyclic) bond motifs is 5. The van der Waals surface area contributed by atoms with Crippen LogP contribution in [-0.2, 0) is 25.5 Å². The van der Waals surface area contributed by atoms with Crippen LogP contribution in [0.2, 0.25) is 0 Å². The lowest BCUT2D eigenvalue weighted by atomic mass is 9.40. The number of hydrogen-bond donors (Lipinski definition) is 3. The highest BCUT2D eigenvalue weighted by atomic mass is 32.1. The molecule has 2 saturated heterocycles. The lowest BCUT2D eigenvalue weighted by Gasteiger charge is -2.71. The predicted molar refractivity (Wildman–Crippen MR) is 196 cm³/mol. The molecule has 2 saturated carbocycles. The summed E-state index contributed by atoms with van der Waals surface area (Å²) in [5.74, 6) is -1.61. The van der Waals surface area contributed by atoms with Crippen molar-refractivity contribution < 1.29 is 39.2 Å². The van der Waals surface area contributed by atoms with Gasteiger partial charge in [0.2, 0.25) is 0 Å². The van der Waals surface area contributed by atoms with E-state index in [1.165, 1.54) is 47.8 Å². The van der Waals surface area contributed by atoms with Crippen LogP contribution in [0.3, 0.4) is 0 Å². The number of Topliss-reactive ketones (excluding diaryl/α,β-unsaturated/α-hetero) is 2. The van der Waals surface area contributed by atoms with Crippen LogP contribution in [0.15, 0.2) is 53.9 Å². The number of carbonyl (C=O) groups is 3. The summed E-state index contributed by atoms with van der Waals surface area (Å²) in [6.45, 7) is 15.8. The van der Waals surface area contributed by atoms with E-state index in [1.807, 2.05) is 19.9 Å². The summed E-state index contributed by atoms with van der Waals surface area (Å²) in [5, 5.41) is 36.8. The molecule has 3 aliphatic carbocycles. The number of piperidine rings is 1. The zero-order valence-corrected chi connectivity index (χ0v) is 31.8. The minimum atomic E-state index is -2.18. The molecule has 1 aromatic heterocycles. The normalized spacial score (nSPS) is 37.5. The summed E-state index contributed by atoms with van der Waals surface area (Å²) >= 11 is 1.59. The topological polar surface area (TPSA) is 134 Å². The summed E-state index contributed by atoms with van der Waals surface area (Å²) in [5.41, 5.74) is -0.537. The molecule has 0 amide bonds. The third kappa shape index (κ3) is 5.81. The maximum Gasteiger partial charge on any atom is 0.303 e. The second-order valence-electron chi connectivity index (χ2n) is 16.6. The molecule has 0 spiro atoms. The molecule has 0 bridgehead atoms. The average Bonchev–Trinajstić information content (AvgIpc) is 3.51. The van der Waals surface area contributed by atoms with Gasteiger partial charge >= 0.3 is 5.97 Å². The van der Waals surface area contributed by atoms with E-state index in [-0.39, 0.29) is 12.2 Å². The molecule has 51 heavy (non-hydrogen) atoms. The summed E-state index contributed by atoms with van der Waals surface area (Å²) in [6, 6.07) is 10.6. The maximum absolute atomic E-state index is 13.6. The van der Waals surface area contributed by atoms with Crippen LogP contribution in [-0.4, -0.2) is 93.0 Å². The molecule has 8 atom stereocenters. The van der Waals surface area contributed by atoms with E-state index in [2.05, 4.69) is 48.2 Å². The minimum Gasteiger partial charge on any atom is -0.457 e. The first kappa shape index (κ1) is 37.8. The van der Waals surface area contributed by atoms with E-state index in [0.717, 1.165) is 30.8 Å². The summed E-state index contributed by atoms with van der Waals surface area (Å²) in [7, 11) is 2.18. The van der Waals surface area contributed by atoms with Gasteiger partial charge in [-0.1, -0.05) is 56.7 Å². The number of nitrogens with zero attached hydrogens (tertiary/aromatic N) is 1. The van der Waals surface area contributed by atoms with Gasteiger partial charge in [0.1, 0.15) is 5.60 Å². The molecule has 4 fully saturated rings. The molecule has 1 aromatic carbocycles. The fourth-order valence-corrected chi connectivity index (χ4v) is 11.1. The lowest BCUT2D eigenvalue weighted by molar-refractivity contribution is -0.370. The second kappa shape index (κ2) is 13.1. The highest BCUT2D eigenvalue weighted by Gasteiger charge is 2.81. The molecule has 2 aromatic rings. The van der Waals surface area contributed by atoms with E-state index >= 15 is 0 Å². The molecule has 9 nitrogen and oxygen atoms in total. The van der Waals surface area contributed by atoms with Crippen LogP contribution in [0.25, 0.3) is 5.57 Å². The van der Waals surface area contributed by atoms with Crippen LogP contribution in [0.5, 0.6) is 0 Å². The van der Waals surface area contributed by atoms with Gasteiger partial charge in [-0.3, -0.25) is 14.4 Å². The number of ether oxygens (including phenoxy) is 2. The molecule has 7 rings (SSSR count). The lowest BCUT2D eigenvalue weighted by Crippen LogP contribution is -2.86. The monoisotopic (exact) mass is 719 g/mol. The van der Waals surface area contributed by atoms with Crippen molar-refractivity contribution in [2.45, 2.75) is 115 Å². The number of carbonyl (C=O) groups excluding carboxylic acids is 3. The number of rotatable bonds is 2. The summed E-state index contributed by atoms with van der Waals surface area (Å²) in [4.78, 5) is 41.4. The van der Waals surface area contributed by atoms with Crippen LogP contribution in [0.1, 0.15) is 100 Å². The van der Waals surface area contributed by atoms with E-state index < -0.39 is 63.6 Å². The second-order valence-corrected chi connectivity index (χ2v) is 17.5. The Bertz CT molecular complexity index is 1770. The number of esters is 1. The number of aliphatic hydroxyl groups excluding tert-OH is 2. The number of likely N-dealkylation sites (tertiary alicyclic amines) is 1. The van der Waals surface area contributed by atoms with Gasteiger partial charge in [-0.2, -0.15) is 0 Å². The maximum atomic E-state index is 13.6. The number of hydrogen-bond acceptors (Lipinski definition) is 10. The third-order valence-electron chi connectivity index (χ3n) is 12.8. The van der Waals surface area contributed by atoms with Gasteiger partial charge in [-0.05, 0) is 80.1 Å². The first-order chi connectivity index (χ1) is 23.8. The first-order valence-electron chi connectivity index (χ1n) is 18.1. The van der Waals surface area contributed by atoms with Crippen molar-refractivity contribution >= 4 is 34.4 Å². The molecule has 5 aliphatic rings. The molecule has 276 valence electrons. The molecule has 10 heteroatoms. The number of benzene rings is 1. The van der Waals surface area contributed by atoms with E-state index in [9.17, 15) is 29.7 Å². The Morgan fingerprint density at radius 1 is 1.06 bits per heavy atom. The quantitative estimate of drug-likeness (QED) is 0.271. The number of thiophene rings is 1. The largest absolute Gasteiger partial charge is 0.457 e. The van der Waals surface area contributed by atoms with Crippen molar-refractivity contribution in [1.82, 2.24) is 4.90 Å². The zero-order valence-electron chi connectivity index (χ0n) is 31.0. The number of aliphatic hydroxyl groups is 3. The highest BCUT2D eigenvalue weighted by Crippen LogP contribution is 2.67. The van der Waals surface area contributed by atoms with Gasteiger partial charge in [0.05, 0.1) is 22.7 Å².